The molecular weight excluding hydrogens is 250 g/mol. The maximum Gasteiger partial charge on any atom is 0.104 e. The van der Waals surface area contributed by atoms with E-state index in [2.05, 4.69) is 28.9 Å². The minimum Gasteiger partial charge on any atom is -0.395 e. The number of nitrogens with zero attached hydrogens (tertiary/aromatic N) is 1. The van der Waals surface area contributed by atoms with Gasteiger partial charge in [0.2, 0.25) is 0 Å². The van der Waals surface area contributed by atoms with E-state index in [9.17, 15) is 5.11 Å². The molecule has 1 aliphatic rings. The van der Waals surface area contributed by atoms with Crippen LogP contribution in [0.25, 0.3) is 0 Å². The lowest BCUT2D eigenvalue weighted by molar-refractivity contribution is 0.145. The predicted octanol–water partition coefficient (Wildman–Crippen LogP) is 1.77. The standard InChI is InChI=1S/C17H23NO2/c19-11-4-7-15-5-3-6-16(13-15)14-18(10-12-20)17-8-1-2-9-17/h3,5-6,13,17,19-20H,1-2,8-12,14H2. The van der Waals surface area contributed by atoms with Gasteiger partial charge in [0.15, 0.2) is 0 Å². The Bertz CT molecular complexity index is 469. The van der Waals surface area contributed by atoms with Crippen molar-refractivity contribution in [3.05, 3.63) is 35.4 Å². The summed E-state index contributed by atoms with van der Waals surface area (Å²) >= 11 is 0. The van der Waals surface area contributed by atoms with E-state index in [0.29, 0.717) is 6.04 Å². The van der Waals surface area contributed by atoms with Gasteiger partial charge in [-0.15, -0.1) is 0 Å². The van der Waals surface area contributed by atoms with Crippen LogP contribution in [-0.2, 0) is 6.54 Å². The first-order chi connectivity index (χ1) is 9.83. The van der Waals surface area contributed by atoms with E-state index in [4.69, 9.17) is 5.11 Å². The molecule has 0 atom stereocenters. The van der Waals surface area contributed by atoms with Crippen LogP contribution in [0.1, 0.15) is 36.8 Å². The smallest absolute Gasteiger partial charge is 0.104 e. The molecule has 1 aromatic rings. The third kappa shape index (κ3) is 4.35. The van der Waals surface area contributed by atoms with Crippen molar-refractivity contribution in [2.45, 2.75) is 38.3 Å². The van der Waals surface area contributed by atoms with E-state index in [1.54, 1.807) is 0 Å². The molecule has 0 aliphatic heterocycles. The molecule has 108 valence electrons. The van der Waals surface area contributed by atoms with Crippen LogP contribution in [-0.4, -0.2) is 40.9 Å². The zero-order valence-electron chi connectivity index (χ0n) is 11.9. The second-order valence-electron chi connectivity index (χ2n) is 5.29. The zero-order chi connectivity index (χ0) is 14.2. The van der Waals surface area contributed by atoms with Crippen molar-refractivity contribution in [3.8, 4) is 11.8 Å². The van der Waals surface area contributed by atoms with Crippen LogP contribution in [0.5, 0.6) is 0 Å². The molecule has 0 radical (unpaired) electrons. The van der Waals surface area contributed by atoms with Crippen LogP contribution in [0, 0.1) is 11.8 Å². The van der Waals surface area contributed by atoms with Gasteiger partial charge in [-0.2, -0.15) is 0 Å². The summed E-state index contributed by atoms with van der Waals surface area (Å²) in [6.07, 6.45) is 5.08. The van der Waals surface area contributed by atoms with Crippen molar-refractivity contribution in [1.29, 1.82) is 0 Å². The molecule has 1 aromatic carbocycles. The third-order valence-corrected chi connectivity index (χ3v) is 3.85. The molecule has 3 nitrogen and oxygen atoms in total. The summed E-state index contributed by atoms with van der Waals surface area (Å²) in [6, 6.07) is 8.74. The highest BCUT2D eigenvalue weighted by Gasteiger charge is 2.22. The average molecular weight is 273 g/mol. The topological polar surface area (TPSA) is 43.7 Å². The van der Waals surface area contributed by atoms with Crippen molar-refractivity contribution in [2.75, 3.05) is 19.8 Å². The molecule has 1 fully saturated rings. The molecular formula is C17H23NO2. The summed E-state index contributed by atoms with van der Waals surface area (Å²) in [5.41, 5.74) is 2.15. The van der Waals surface area contributed by atoms with Gasteiger partial charge in [0, 0.05) is 24.7 Å². The maximum absolute atomic E-state index is 9.25. The Hall–Kier alpha value is -1.34. The lowest BCUT2D eigenvalue weighted by Gasteiger charge is -2.28. The summed E-state index contributed by atoms with van der Waals surface area (Å²) in [5, 5.41) is 18.0. The van der Waals surface area contributed by atoms with Crippen molar-refractivity contribution < 1.29 is 10.2 Å². The number of hydrogen-bond acceptors (Lipinski definition) is 3. The SMILES string of the molecule is OCC#Cc1cccc(CN(CCO)C2CCCC2)c1. The number of aliphatic hydroxyl groups is 2. The van der Waals surface area contributed by atoms with Crippen molar-refractivity contribution in [1.82, 2.24) is 4.90 Å². The quantitative estimate of drug-likeness (QED) is 0.804. The first-order valence-corrected chi connectivity index (χ1v) is 7.37. The molecule has 0 unspecified atom stereocenters. The van der Waals surface area contributed by atoms with Gasteiger partial charge in [0.05, 0.1) is 6.61 Å². The number of aliphatic hydroxyl groups excluding tert-OH is 2. The summed E-state index contributed by atoms with van der Waals surface area (Å²) in [6.45, 7) is 1.69. The summed E-state index contributed by atoms with van der Waals surface area (Å²) < 4.78 is 0. The van der Waals surface area contributed by atoms with E-state index >= 15 is 0 Å². The highest BCUT2D eigenvalue weighted by Crippen LogP contribution is 2.24. The summed E-state index contributed by atoms with van der Waals surface area (Å²) in [7, 11) is 0. The van der Waals surface area contributed by atoms with E-state index in [1.807, 2.05) is 12.1 Å². The third-order valence-electron chi connectivity index (χ3n) is 3.85. The van der Waals surface area contributed by atoms with Crippen LogP contribution in [0.15, 0.2) is 24.3 Å². The lowest BCUT2D eigenvalue weighted by Crippen LogP contribution is -2.35. The van der Waals surface area contributed by atoms with Gasteiger partial charge in [-0.1, -0.05) is 36.8 Å². The summed E-state index contributed by atoms with van der Waals surface area (Å²) in [5.74, 6) is 5.62. The fourth-order valence-electron chi connectivity index (χ4n) is 2.91. The molecule has 0 saturated heterocycles. The Morgan fingerprint density at radius 2 is 2.00 bits per heavy atom. The Labute approximate surface area is 121 Å². The first kappa shape index (κ1) is 15.1. The second kappa shape index (κ2) is 8.06. The minimum atomic E-state index is -0.108. The number of rotatable bonds is 5. The zero-order valence-corrected chi connectivity index (χ0v) is 11.9. The second-order valence-corrected chi connectivity index (χ2v) is 5.29. The van der Waals surface area contributed by atoms with Gasteiger partial charge in [0.25, 0.3) is 0 Å². The van der Waals surface area contributed by atoms with Crippen molar-refractivity contribution >= 4 is 0 Å². The van der Waals surface area contributed by atoms with Crippen LogP contribution in [0.3, 0.4) is 0 Å². The van der Waals surface area contributed by atoms with Crippen molar-refractivity contribution in [3.63, 3.8) is 0 Å². The average Bonchev–Trinajstić information content (AvgIpc) is 2.99. The maximum atomic E-state index is 9.25. The van der Waals surface area contributed by atoms with Crippen LogP contribution < -0.4 is 0 Å². The predicted molar refractivity (Wildman–Crippen MR) is 80.2 cm³/mol. The first-order valence-electron chi connectivity index (χ1n) is 7.37. The van der Waals surface area contributed by atoms with Gasteiger partial charge >= 0.3 is 0 Å². The fraction of sp³-hybridized carbons (Fsp3) is 0.529. The van der Waals surface area contributed by atoms with Crippen LogP contribution in [0.2, 0.25) is 0 Å². The number of hydrogen-bond donors (Lipinski definition) is 2. The van der Waals surface area contributed by atoms with E-state index < -0.39 is 0 Å². The van der Waals surface area contributed by atoms with Gasteiger partial charge in [0.1, 0.15) is 6.61 Å². The number of benzene rings is 1. The molecule has 1 aliphatic carbocycles. The van der Waals surface area contributed by atoms with Crippen LogP contribution in [0.4, 0.5) is 0 Å². The highest BCUT2D eigenvalue weighted by atomic mass is 16.3. The molecule has 20 heavy (non-hydrogen) atoms. The van der Waals surface area contributed by atoms with E-state index in [1.165, 1.54) is 31.2 Å². The van der Waals surface area contributed by atoms with Gasteiger partial charge in [-0.25, -0.2) is 0 Å². The Balaban J connectivity index is 2.05. The molecule has 0 bridgehead atoms. The summed E-state index contributed by atoms with van der Waals surface area (Å²) in [4.78, 5) is 2.38. The lowest BCUT2D eigenvalue weighted by atomic mass is 10.1. The molecule has 0 aromatic heterocycles. The minimum absolute atomic E-state index is 0.108. The molecule has 2 N–H and O–H groups in total. The molecule has 1 saturated carbocycles. The molecule has 2 rings (SSSR count). The molecule has 3 heteroatoms. The molecule has 0 amide bonds. The van der Waals surface area contributed by atoms with Gasteiger partial charge in [-0.05, 0) is 30.5 Å². The monoisotopic (exact) mass is 273 g/mol. The Kier molecular flexibility index (Phi) is 6.07. The largest absolute Gasteiger partial charge is 0.395 e. The molecule has 0 spiro atoms. The van der Waals surface area contributed by atoms with E-state index in [0.717, 1.165) is 18.7 Å². The van der Waals surface area contributed by atoms with E-state index in [-0.39, 0.29) is 13.2 Å². The Morgan fingerprint density at radius 3 is 2.70 bits per heavy atom. The highest BCUT2D eigenvalue weighted by molar-refractivity contribution is 5.37. The fourth-order valence-corrected chi connectivity index (χ4v) is 2.91. The Morgan fingerprint density at radius 1 is 1.20 bits per heavy atom. The van der Waals surface area contributed by atoms with Gasteiger partial charge < -0.3 is 10.2 Å². The van der Waals surface area contributed by atoms with Gasteiger partial charge in [-0.3, -0.25) is 4.90 Å². The normalized spacial score (nSPS) is 15.3. The van der Waals surface area contributed by atoms with Crippen molar-refractivity contribution in [2.24, 2.45) is 0 Å². The molecule has 0 heterocycles. The van der Waals surface area contributed by atoms with Crippen LogP contribution >= 0.6 is 0 Å².